The Morgan fingerprint density at radius 1 is 1.29 bits per heavy atom. The number of ether oxygens (including phenoxy) is 1. The fourth-order valence-electron chi connectivity index (χ4n) is 1.68. The first-order valence-electron chi connectivity index (χ1n) is 5.27. The number of rotatable bonds is 3. The van der Waals surface area contributed by atoms with Gasteiger partial charge in [-0.3, -0.25) is 4.79 Å². The Morgan fingerprint density at radius 3 is 2.35 bits per heavy atom. The summed E-state index contributed by atoms with van der Waals surface area (Å²) < 4.78 is 6.34. The third-order valence-corrected chi connectivity index (χ3v) is 4.01. The van der Waals surface area contributed by atoms with Crippen LogP contribution in [0.4, 0.5) is 5.69 Å². The van der Waals surface area contributed by atoms with Crippen LogP contribution in [0.25, 0.3) is 0 Å². The predicted octanol–water partition coefficient (Wildman–Crippen LogP) is 2.28. The van der Waals surface area contributed by atoms with Crippen molar-refractivity contribution in [2.75, 3.05) is 19.0 Å². The van der Waals surface area contributed by atoms with Gasteiger partial charge in [0.05, 0.1) is 19.3 Å². The highest BCUT2D eigenvalue weighted by Gasteiger charge is 2.17. The number of nitrogens with two attached hydrogens (primary N) is 1. The van der Waals surface area contributed by atoms with E-state index < -0.39 is 0 Å². The topological polar surface area (TPSA) is 64.3 Å². The van der Waals surface area contributed by atoms with E-state index in [1.165, 1.54) is 0 Å². The van der Waals surface area contributed by atoms with Gasteiger partial charge in [-0.2, -0.15) is 0 Å². The zero-order valence-electron chi connectivity index (χ0n) is 10.5. The summed E-state index contributed by atoms with van der Waals surface area (Å²) in [5.41, 5.74) is 9.02. The highest BCUT2D eigenvalue weighted by atomic mass is 79.9. The highest BCUT2D eigenvalue weighted by molar-refractivity contribution is 9.10. The van der Waals surface area contributed by atoms with Gasteiger partial charge >= 0.3 is 0 Å². The van der Waals surface area contributed by atoms with Crippen LogP contribution in [0.2, 0.25) is 0 Å². The number of anilines is 1. The van der Waals surface area contributed by atoms with Crippen molar-refractivity contribution < 1.29 is 9.53 Å². The SMILES string of the molecule is COc1c(C)c(C)c(Br)c(C)c1NC(=O)CN. The zero-order chi connectivity index (χ0) is 13.2. The highest BCUT2D eigenvalue weighted by Crippen LogP contribution is 2.39. The number of benzene rings is 1. The van der Waals surface area contributed by atoms with Crippen LogP contribution < -0.4 is 15.8 Å². The van der Waals surface area contributed by atoms with Crippen LogP contribution in [0.1, 0.15) is 16.7 Å². The molecule has 1 amide bonds. The van der Waals surface area contributed by atoms with Crippen LogP contribution in [0.3, 0.4) is 0 Å². The van der Waals surface area contributed by atoms with E-state index in [1.54, 1.807) is 7.11 Å². The van der Waals surface area contributed by atoms with E-state index in [4.69, 9.17) is 10.5 Å². The quantitative estimate of drug-likeness (QED) is 0.900. The van der Waals surface area contributed by atoms with Gasteiger partial charge in [-0.25, -0.2) is 0 Å². The van der Waals surface area contributed by atoms with Crippen LogP contribution >= 0.6 is 15.9 Å². The molecule has 3 N–H and O–H groups in total. The van der Waals surface area contributed by atoms with E-state index in [-0.39, 0.29) is 12.5 Å². The second kappa shape index (κ2) is 5.51. The van der Waals surface area contributed by atoms with Crippen molar-refractivity contribution >= 4 is 27.5 Å². The molecule has 0 fully saturated rings. The van der Waals surface area contributed by atoms with E-state index in [2.05, 4.69) is 21.2 Å². The number of nitrogens with one attached hydrogen (secondary N) is 1. The fraction of sp³-hybridized carbons (Fsp3) is 0.417. The number of hydrogen-bond donors (Lipinski definition) is 2. The van der Waals surface area contributed by atoms with Crippen molar-refractivity contribution in [1.29, 1.82) is 0 Å². The lowest BCUT2D eigenvalue weighted by atomic mass is 10.0. The monoisotopic (exact) mass is 300 g/mol. The van der Waals surface area contributed by atoms with E-state index >= 15 is 0 Å². The Labute approximate surface area is 110 Å². The summed E-state index contributed by atoms with van der Waals surface area (Å²) in [4.78, 5) is 11.4. The average molecular weight is 301 g/mol. The first kappa shape index (κ1) is 14.0. The van der Waals surface area contributed by atoms with Crippen molar-refractivity contribution in [3.8, 4) is 5.75 Å². The van der Waals surface area contributed by atoms with Gasteiger partial charge in [-0.05, 0) is 37.5 Å². The van der Waals surface area contributed by atoms with Crippen LogP contribution in [-0.4, -0.2) is 19.6 Å². The van der Waals surface area contributed by atoms with Gasteiger partial charge in [0.15, 0.2) is 0 Å². The Kier molecular flexibility index (Phi) is 4.54. The van der Waals surface area contributed by atoms with Crippen LogP contribution in [0, 0.1) is 20.8 Å². The smallest absolute Gasteiger partial charge is 0.238 e. The molecule has 1 aromatic carbocycles. The molecule has 0 saturated carbocycles. The van der Waals surface area contributed by atoms with Crippen LogP contribution in [0.15, 0.2) is 4.47 Å². The zero-order valence-corrected chi connectivity index (χ0v) is 12.1. The molecule has 0 heterocycles. The molecule has 0 aliphatic rings. The maximum atomic E-state index is 11.4. The third kappa shape index (κ3) is 2.61. The van der Waals surface area contributed by atoms with Crippen molar-refractivity contribution in [3.63, 3.8) is 0 Å². The lowest BCUT2D eigenvalue weighted by Gasteiger charge is -2.19. The number of carbonyl (C=O) groups excluding carboxylic acids is 1. The molecule has 0 spiro atoms. The Morgan fingerprint density at radius 2 is 1.88 bits per heavy atom. The summed E-state index contributed by atoms with van der Waals surface area (Å²) in [6.45, 7) is 5.83. The average Bonchev–Trinajstić information content (AvgIpc) is 2.33. The summed E-state index contributed by atoms with van der Waals surface area (Å²) >= 11 is 3.52. The predicted molar refractivity (Wildman–Crippen MR) is 72.6 cm³/mol. The van der Waals surface area contributed by atoms with Crippen molar-refractivity contribution in [1.82, 2.24) is 0 Å². The van der Waals surface area contributed by atoms with Gasteiger partial charge in [0.1, 0.15) is 5.75 Å². The second-order valence-electron chi connectivity index (χ2n) is 3.85. The van der Waals surface area contributed by atoms with Gasteiger partial charge in [0.25, 0.3) is 0 Å². The molecule has 0 aliphatic carbocycles. The summed E-state index contributed by atoms with van der Waals surface area (Å²) in [6, 6.07) is 0. The van der Waals surface area contributed by atoms with Crippen LogP contribution in [-0.2, 0) is 4.79 Å². The Bertz CT molecular complexity index is 459. The molecule has 0 atom stereocenters. The molecular formula is C12H17BrN2O2. The molecule has 1 aromatic rings. The third-order valence-electron chi connectivity index (χ3n) is 2.82. The number of methoxy groups -OCH3 is 1. The van der Waals surface area contributed by atoms with E-state index in [9.17, 15) is 4.79 Å². The maximum Gasteiger partial charge on any atom is 0.238 e. The summed E-state index contributed by atoms with van der Waals surface area (Å²) in [5, 5.41) is 2.77. The molecular weight excluding hydrogens is 284 g/mol. The first-order valence-corrected chi connectivity index (χ1v) is 6.06. The molecule has 0 unspecified atom stereocenters. The van der Waals surface area contributed by atoms with Crippen LogP contribution in [0.5, 0.6) is 5.75 Å². The number of halogens is 1. The standard InChI is InChI=1S/C12H17BrN2O2/c1-6-7(2)12(17-4)11(8(3)10(6)13)15-9(16)5-14/h5,14H2,1-4H3,(H,15,16). The largest absolute Gasteiger partial charge is 0.494 e. The number of hydrogen-bond acceptors (Lipinski definition) is 3. The molecule has 0 bridgehead atoms. The lowest BCUT2D eigenvalue weighted by molar-refractivity contribution is -0.114. The van der Waals surface area contributed by atoms with E-state index in [0.717, 1.165) is 21.2 Å². The fourth-order valence-corrected chi connectivity index (χ4v) is 2.18. The minimum atomic E-state index is -0.235. The molecule has 1 rings (SSSR count). The molecule has 0 aromatic heterocycles. The van der Waals surface area contributed by atoms with Crippen molar-refractivity contribution in [2.24, 2.45) is 5.73 Å². The van der Waals surface area contributed by atoms with Gasteiger partial charge < -0.3 is 15.8 Å². The van der Waals surface area contributed by atoms with Crippen molar-refractivity contribution in [2.45, 2.75) is 20.8 Å². The summed E-state index contributed by atoms with van der Waals surface area (Å²) in [5.74, 6) is 0.451. The minimum absolute atomic E-state index is 0.0485. The van der Waals surface area contributed by atoms with Gasteiger partial charge in [0.2, 0.25) is 5.91 Å². The van der Waals surface area contributed by atoms with Crippen molar-refractivity contribution in [3.05, 3.63) is 21.2 Å². The Hall–Kier alpha value is -1.07. The van der Waals surface area contributed by atoms with Gasteiger partial charge in [0, 0.05) is 4.47 Å². The maximum absolute atomic E-state index is 11.4. The molecule has 4 nitrogen and oxygen atoms in total. The molecule has 94 valence electrons. The second-order valence-corrected chi connectivity index (χ2v) is 4.64. The van der Waals surface area contributed by atoms with E-state index in [1.807, 2.05) is 20.8 Å². The molecule has 5 heteroatoms. The van der Waals surface area contributed by atoms with Gasteiger partial charge in [-0.1, -0.05) is 15.9 Å². The first-order chi connectivity index (χ1) is 7.93. The molecule has 0 radical (unpaired) electrons. The lowest BCUT2D eigenvalue weighted by Crippen LogP contribution is -2.23. The molecule has 17 heavy (non-hydrogen) atoms. The number of amides is 1. The Balaban J connectivity index is 3.41. The van der Waals surface area contributed by atoms with Gasteiger partial charge in [-0.15, -0.1) is 0 Å². The minimum Gasteiger partial charge on any atom is -0.494 e. The van der Waals surface area contributed by atoms with E-state index in [0.29, 0.717) is 11.4 Å². The summed E-state index contributed by atoms with van der Waals surface area (Å²) in [7, 11) is 1.59. The number of carbonyl (C=O) groups is 1. The normalized spacial score (nSPS) is 10.2. The molecule has 0 saturated heterocycles. The molecule has 0 aliphatic heterocycles. The summed E-state index contributed by atoms with van der Waals surface area (Å²) in [6.07, 6.45) is 0.